The molecule has 0 unspecified atom stereocenters. The van der Waals surface area contributed by atoms with Crippen molar-refractivity contribution in [2.24, 2.45) is 0 Å². The molecule has 3 aromatic heterocycles. The van der Waals surface area contributed by atoms with Gasteiger partial charge in [0, 0.05) is 18.0 Å². The van der Waals surface area contributed by atoms with Crippen LogP contribution >= 0.6 is 0 Å². The lowest BCUT2D eigenvalue weighted by atomic mass is 10.1. The highest BCUT2D eigenvalue weighted by molar-refractivity contribution is 6.00. The Morgan fingerprint density at radius 2 is 2.09 bits per heavy atom. The minimum Gasteiger partial charge on any atom is -0.483 e. The Balaban J connectivity index is 1.42. The first-order valence-corrected chi connectivity index (χ1v) is 11.6. The predicted octanol–water partition coefficient (Wildman–Crippen LogP) is 2.63. The van der Waals surface area contributed by atoms with E-state index in [0.717, 1.165) is 32.1 Å². The zero-order valence-corrected chi connectivity index (χ0v) is 17.9. The Morgan fingerprint density at radius 1 is 1.15 bits per heavy atom. The number of hydrogen-bond acceptors (Lipinski definition) is 7. The quantitative estimate of drug-likeness (QED) is 0.563. The average molecular weight is 450 g/mol. The van der Waals surface area contributed by atoms with Gasteiger partial charge < -0.3 is 19.7 Å². The predicted molar refractivity (Wildman–Crippen MR) is 115 cm³/mol. The first-order chi connectivity index (χ1) is 16.1. The van der Waals surface area contributed by atoms with Crippen molar-refractivity contribution in [1.82, 2.24) is 24.9 Å². The number of anilines is 1. The Kier molecular flexibility index (Phi) is 4.07. The van der Waals surface area contributed by atoms with Crippen LogP contribution in [0.2, 0.25) is 0 Å². The molecule has 4 aliphatic rings. The van der Waals surface area contributed by atoms with E-state index in [4.69, 9.17) is 14.5 Å². The Labute approximate surface area is 188 Å². The highest BCUT2D eigenvalue weighted by Crippen LogP contribution is 2.42. The van der Waals surface area contributed by atoms with Crippen LogP contribution in [0.5, 0.6) is 11.6 Å². The second kappa shape index (κ2) is 7.03. The number of pyridine rings is 1. The Morgan fingerprint density at radius 3 is 3.03 bits per heavy atom. The number of ether oxygens (including phenoxy) is 2. The molecule has 0 spiro atoms. The molecule has 4 atom stereocenters. The maximum Gasteiger partial charge on any atom is 0.256 e. The van der Waals surface area contributed by atoms with Gasteiger partial charge in [-0.2, -0.15) is 5.10 Å². The summed E-state index contributed by atoms with van der Waals surface area (Å²) in [5.41, 5.74) is 1.60. The second-order valence-corrected chi connectivity index (χ2v) is 9.38. The van der Waals surface area contributed by atoms with Gasteiger partial charge in [0.2, 0.25) is 5.88 Å². The van der Waals surface area contributed by atoms with Crippen LogP contribution in [0.3, 0.4) is 0 Å². The van der Waals surface area contributed by atoms with Gasteiger partial charge >= 0.3 is 0 Å². The van der Waals surface area contributed by atoms with Crippen molar-refractivity contribution in [3.05, 3.63) is 41.6 Å². The summed E-state index contributed by atoms with van der Waals surface area (Å²) in [7, 11) is 0. The molecule has 33 heavy (non-hydrogen) atoms. The zero-order chi connectivity index (χ0) is 22.1. The summed E-state index contributed by atoms with van der Waals surface area (Å²) in [4.78, 5) is 24.4. The molecule has 7 rings (SSSR count). The van der Waals surface area contributed by atoms with Gasteiger partial charge in [-0.05, 0) is 38.2 Å². The van der Waals surface area contributed by atoms with Crippen LogP contribution in [0.15, 0.2) is 24.7 Å². The third-order valence-corrected chi connectivity index (χ3v) is 7.28. The normalized spacial score (nSPS) is 28.0. The van der Waals surface area contributed by atoms with Crippen molar-refractivity contribution >= 4 is 17.4 Å². The summed E-state index contributed by atoms with van der Waals surface area (Å²) >= 11 is 0. The summed E-state index contributed by atoms with van der Waals surface area (Å²) in [6.07, 6.45) is 9.69. The van der Waals surface area contributed by atoms with Crippen LogP contribution in [-0.4, -0.2) is 49.8 Å². The van der Waals surface area contributed by atoms with E-state index in [1.807, 2.05) is 0 Å². The van der Waals surface area contributed by atoms with Gasteiger partial charge in [0.25, 0.3) is 5.91 Å². The summed E-state index contributed by atoms with van der Waals surface area (Å²) in [6, 6.07) is 1.60. The molecule has 4 bridgehead atoms. The van der Waals surface area contributed by atoms with Crippen LogP contribution in [0.25, 0.3) is 5.65 Å². The van der Waals surface area contributed by atoms with Crippen LogP contribution in [0, 0.1) is 5.82 Å². The van der Waals surface area contributed by atoms with E-state index in [0.29, 0.717) is 47.2 Å². The van der Waals surface area contributed by atoms with Gasteiger partial charge in [-0.25, -0.2) is 18.9 Å². The van der Waals surface area contributed by atoms with Crippen LogP contribution in [-0.2, 0) is 6.54 Å². The third-order valence-electron chi connectivity index (χ3n) is 7.28. The minimum absolute atomic E-state index is 0.0130. The molecule has 10 heteroatoms. The number of hydrogen-bond donors (Lipinski definition) is 1. The van der Waals surface area contributed by atoms with Gasteiger partial charge in [0.05, 0.1) is 31.2 Å². The summed E-state index contributed by atoms with van der Waals surface area (Å²) in [5.74, 6) is 1.10. The van der Waals surface area contributed by atoms with Gasteiger partial charge in [-0.15, -0.1) is 0 Å². The maximum absolute atomic E-state index is 14.3. The summed E-state index contributed by atoms with van der Waals surface area (Å²) < 4.78 is 28.4. The largest absolute Gasteiger partial charge is 0.483 e. The van der Waals surface area contributed by atoms with Crippen molar-refractivity contribution in [3.63, 3.8) is 0 Å². The maximum atomic E-state index is 14.3. The molecule has 0 saturated heterocycles. The van der Waals surface area contributed by atoms with Crippen molar-refractivity contribution < 1.29 is 18.7 Å². The average Bonchev–Trinajstić information content (AvgIpc) is 3.53. The number of rotatable bonds is 0. The van der Waals surface area contributed by atoms with Gasteiger partial charge in [-0.3, -0.25) is 4.79 Å². The minimum atomic E-state index is -0.395. The fourth-order valence-corrected chi connectivity index (χ4v) is 5.72. The molecule has 5 heterocycles. The van der Waals surface area contributed by atoms with Gasteiger partial charge in [0.1, 0.15) is 23.6 Å². The van der Waals surface area contributed by atoms with E-state index in [1.54, 1.807) is 16.9 Å². The fraction of sp³-hybridized carbons (Fsp3) is 0.478. The second-order valence-electron chi connectivity index (χ2n) is 9.38. The molecular formula is C23H23FN6O3. The van der Waals surface area contributed by atoms with E-state index < -0.39 is 5.82 Å². The Bertz CT molecular complexity index is 1280. The third kappa shape index (κ3) is 3.03. The number of fused-ring (bicyclic) bond motifs is 5. The highest BCUT2D eigenvalue weighted by Gasteiger charge is 2.41. The number of nitrogens with one attached hydrogen (secondary N) is 1. The van der Waals surface area contributed by atoms with Gasteiger partial charge in [0.15, 0.2) is 17.2 Å². The van der Waals surface area contributed by atoms with E-state index in [-0.39, 0.29) is 30.2 Å². The first-order valence-electron chi connectivity index (χ1n) is 11.6. The molecule has 2 saturated carbocycles. The molecule has 9 nitrogen and oxygen atoms in total. The summed E-state index contributed by atoms with van der Waals surface area (Å²) in [6.45, 7) is 0.395. The van der Waals surface area contributed by atoms with E-state index >= 15 is 0 Å². The van der Waals surface area contributed by atoms with Crippen molar-refractivity contribution in [2.75, 3.05) is 4.90 Å². The number of amides is 1. The molecule has 2 aliphatic carbocycles. The zero-order valence-electron chi connectivity index (χ0n) is 17.9. The first kappa shape index (κ1) is 19.1. The van der Waals surface area contributed by atoms with Gasteiger partial charge in [-0.1, -0.05) is 0 Å². The number of carbonyl (C=O) groups is 1. The molecule has 170 valence electrons. The van der Waals surface area contributed by atoms with Crippen LogP contribution in [0.4, 0.5) is 10.2 Å². The van der Waals surface area contributed by atoms with Crippen molar-refractivity contribution in [1.29, 1.82) is 0 Å². The number of carbonyl (C=O) groups excluding carboxylic acids is 1. The van der Waals surface area contributed by atoms with Crippen molar-refractivity contribution in [2.45, 2.75) is 69.4 Å². The van der Waals surface area contributed by atoms with E-state index in [9.17, 15) is 9.18 Å². The summed E-state index contributed by atoms with van der Waals surface area (Å²) in [5, 5.41) is 7.47. The monoisotopic (exact) mass is 450 g/mol. The molecular weight excluding hydrogens is 427 g/mol. The fourth-order valence-electron chi connectivity index (χ4n) is 5.72. The van der Waals surface area contributed by atoms with Crippen molar-refractivity contribution in [3.8, 4) is 11.6 Å². The lowest BCUT2D eigenvalue weighted by molar-refractivity contribution is 0.0936. The highest BCUT2D eigenvalue weighted by atomic mass is 19.1. The molecule has 3 aromatic rings. The molecule has 1 amide bonds. The lowest BCUT2D eigenvalue weighted by Gasteiger charge is -2.39. The molecule has 1 N–H and O–H groups in total. The topological polar surface area (TPSA) is 93.9 Å². The lowest BCUT2D eigenvalue weighted by Crippen LogP contribution is -2.47. The number of halogens is 1. The molecule has 0 radical (unpaired) electrons. The molecule has 0 aromatic carbocycles. The van der Waals surface area contributed by atoms with Crippen LogP contribution in [0.1, 0.15) is 54.4 Å². The molecule has 2 fully saturated rings. The number of nitrogens with zero attached hydrogens (tertiary/aromatic N) is 5. The SMILES string of the molecule is O=C1N[C@H]2CC[C@H](C2)Oc2ncc(F)cc2CN2c3nc4c1cnn4cc3O[C@H]1CCC[C@H]12. The Hall–Kier alpha value is -3.43. The number of aromatic nitrogens is 4. The standard InChI is InChI=1S/C23H23FN6O3/c24-13-6-12-10-29-17-2-1-3-18(17)33-19-11-30-20(28-21(19)29)16(9-26-30)22(31)27-14-4-5-15(7-14)32-23(12)25-8-13/h6,8-9,11,14-15,17-18H,1-5,7,10H2,(H,27,31)/t14-,15+,17+,18-/m0/s1. The smallest absolute Gasteiger partial charge is 0.256 e. The van der Waals surface area contributed by atoms with E-state index in [2.05, 4.69) is 20.3 Å². The van der Waals surface area contributed by atoms with Crippen LogP contribution < -0.4 is 19.7 Å². The van der Waals surface area contributed by atoms with E-state index in [1.165, 1.54) is 12.3 Å². The molecule has 2 aliphatic heterocycles.